The van der Waals surface area contributed by atoms with Gasteiger partial charge in [-0.15, -0.1) is 0 Å². The van der Waals surface area contributed by atoms with Crippen LogP contribution in [0.5, 0.6) is 0 Å². The fourth-order valence-electron chi connectivity index (χ4n) is 3.62. The predicted molar refractivity (Wildman–Crippen MR) is 116 cm³/mol. The van der Waals surface area contributed by atoms with Crippen molar-refractivity contribution in [3.05, 3.63) is 0 Å². The maximum atomic E-state index is 12.1. The van der Waals surface area contributed by atoms with E-state index in [1.165, 1.54) is 25.7 Å². The summed E-state index contributed by atoms with van der Waals surface area (Å²) in [6.45, 7) is 12.9. The van der Waals surface area contributed by atoms with Gasteiger partial charge in [-0.2, -0.15) is 0 Å². The minimum absolute atomic E-state index is 0.0347. The average molecular weight is 399 g/mol. The lowest BCUT2D eigenvalue weighted by Gasteiger charge is -2.20. The summed E-state index contributed by atoms with van der Waals surface area (Å²) in [5.41, 5.74) is 0. The molecule has 0 rings (SSSR count). The van der Waals surface area contributed by atoms with Crippen LogP contribution >= 0.6 is 0 Å². The fraction of sp³-hybridized carbons (Fsp3) is 0.917. The first kappa shape index (κ1) is 26.9. The predicted octanol–water partition coefficient (Wildman–Crippen LogP) is 6.84. The number of ether oxygens (including phenoxy) is 2. The molecule has 0 aliphatic heterocycles. The van der Waals surface area contributed by atoms with E-state index in [4.69, 9.17) is 9.47 Å². The zero-order chi connectivity index (χ0) is 21.4. The molecule has 2 atom stereocenters. The molecule has 0 saturated heterocycles. The van der Waals surface area contributed by atoms with Crippen LogP contribution in [0.1, 0.15) is 119 Å². The van der Waals surface area contributed by atoms with Gasteiger partial charge < -0.3 is 9.47 Å². The molecular formula is C24H46O4. The van der Waals surface area contributed by atoms with Gasteiger partial charge in [0, 0.05) is 0 Å². The first-order chi connectivity index (χ1) is 13.4. The third-order valence-electron chi connectivity index (χ3n) is 6.14. The third-order valence-corrected chi connectivity index (χ3v) is 6.14. The van der Waals surface area contributed by atoms with E-state index in [9.17, 15) is 9.59 Å². The third kappa shape index (κ3) is 12.4. The SMILES string of the molecule is CCC(CC)CCC(CC)OC(=O)CCC(=O)OC(CC)CCC(CC)CC. The monoisotopic (exact) mass is 398 g/mol. The molecule has 4 heteroatoms. The summed E-state index contributed by atoms with van der Waals surface area (Å²) in [7, 11) is 0. The van der Waals surface area contributed by atoms with Crippen LogP contribution in [-0.4, -0.2) is 24.1 Å². The topological polar surface area (TPSA) is 52.6 Å². The largest absolute Gasteiger partial charge is 0.462 e. The molecule has 0 amide bonds. The van der Waals surface area contributed by atoms with Gasteiger partial charge in [-0.25, -0.2) is 0 Å². The molecule has 0 spiro atoms. The highest BCUT2D eigenvalue weighted by molar-refractivity contribution is 5.77. The van der Waals surface area contributed by atoms with Crippen LogP contribution in [0.15, 0.2) is 0 Å². The quantitative estimate of drug-likeness (QED) is 0.252. The standard InChI is InChI=1S/C24H46O4/c1-7-19(8-2)13-15-21(11-5)27-23(25)17-18-24(26)28-22(12-6)16-14-20(9-3)10-4/h19-22H,7-18H2,1-6H3. The molecule has 0 aliphatic carbocycles. The summed E-state index contributed by atoms with van der Waals surface area (Å²) in [5, 5.41) is 0. The Morgan fingerprint density at radius 2 is 0.857 bits per heavy atom. The van der Waals surface area contributed by atoms with E-state index in [0.29, 0.717) is 11.8 Å². The van der Waals surface area contributed by atoms with Crippen LogP contribution in [0.25, 0.3) is 0 Å². The van der Waals surface area contributed by atoms with E-state index in [1.54, 1.807) is 0 Å². The zero-order valence-corrected chi connectivity index (χ0v) is 19.4. The fourth-order valence-corrected chi connectivity index (χ4v) is 3.62. The normalized spacial score (nSPS) is 13.6. The second kappa shape index (κ2) is 16.9. The summed E-state index contributed by atoms with van der Waals surface area (Å²) >= 11 is 0. The van der Waals surface area contributed by atoms with Crippen LogP contribution in [0.4, 0.5) is 0 Å². The summed E-state index contributed by atoms with van der Waals surface area (Å²) in [6, 6.07) is 0. The van der Waals surface area contributed by atoms with Crippen molar-refractivity contribution >= 4 is 11.9 Å². The van der Waals surface area contributed by atoms with Crippen LogP contribution in [0.2, 0.25) is 0 Å². The van der Waals surface area contributed by atoms with Crippen molar-refractivity contribution in [1.82, 2.24) is 0 Å². The van der Waals surface area contributed by atoms with Crippen LogP contribution < -0.4 is 0 Å². The van der Waals surface area contributed by atoms with Gasteiger partial charge >= 0.3 is 11.9 Å². The van der Waals surface area contributed by atoms with E-state index in [2.05, 4.69) is 27.7 Å². The van der Waals surface area contributed by atoms with Crippen molar-refractivity contribution < 1.29 is 19.1 Å². The number of hydrogen-bond donors (Lipinski definition) is 0. The highest BCUT2D eigenvalue weighted by Gasteiger charge is 2.18. The maximum absolute atomic E-state index is 12.1. The van der Waals surface area contributed by atoms with Crippen LogP contribution in [0.3, 0.4) is 0 Å². The number of carbonyl (C=O) groups excluding carboxylic acids is 2. The second-order valence-corrected chi connectivity index (χ2v) is 8.06. The molecule has 166 valence electrons. The van der Waals surface area contributed by atoms with Crippen molar-refractivity contribution in [2.24, 2.45) is 11.8 Å². The van der Waals surface area contributed by atoms with Crippen molar-refractivity contribution in [1.29, 1.82) is 0 Å². The first-order valence-corrected chi connectivity index (χ1v) is 11.8. The minimum Gasteiger partial charge on any atom is -0.462 e. The molecule has 0 saturated carbocycles. The van der Waals surface area contributed by atoms with Crippen molar-refractivity contribution in [3.63, 3.8) is 0 Å². The summed E-state index contributed by atoms with van der Waals surface area (Å²) in [4.78, 5) is 24.2. The molecular weight excluding hydrogens is 352 g/mol. The van der Waals surface area contributed by atoms with E-state index in [1.807, 2.05) is 13.8 Å². The number of carbonyl (C=O) groups is 2. The van der Waals surface area contributed by atoms with E-state index in [-0.39, 0.29) is 37.0 Å². The molecule has 0 aromatic rings. The Morgan fingerprint density at radius 3 is 1.11 bits per heavy atom. The molecule has 0 fully saturated rings. The molecule has 0 radical (unpaired) electrons. The Kier molecular flexibility index (Phi) is 16.2. The van der Waals surface area contributed by atoms with E-state index >= 15 is 0 Å². The lowest BCUT2D eigenvalue weighted by molar-refractivity contribution is -0.156. The van der Waals surface area contributed by atoms with Gasteiger partial charge in [0.05, 0.1) is 12.8 Å². The van der Waals surface area contributed by atoms with Gasteiger partial charge in [0.1, 0.15) is 12.2 Å². The Labute approximate surface area is 174 Å². The molecule has 2 unspecified atom stereocenters. The Morgan fingerprint density at radius 1 is 0.536 bits per heavy atom. The molecule has 0 aliphatic rings. The molecule has 0 N–H and O–H groups in total. The van der Waals surface area contributed by atoms with Crippen molar-refractivity contribution in [3.8, 4) is 0 Å². The van der Waals surface area contributed by atoms with Gasteiger partial charge in [-0.3, -0.25) is 9.59 Å². The molecule has 28 heavy (non-hydrogen) atoms. The van der Waals surface area contributed by atoms with Gasteiger partial charge in [0.25, 0.3) is 0 Å². The van der Waals surface area contributed by atoms with Crippen molar-refractivity contribution in [2.45, 2.75) is 131 Å². The summed E-state index contributed by atoms with van der Waals surface area (Å²) < 4.78 is 11.2. The lowest BCUT2D eigenvalue weighted by atomic mass is 9.95. The summed E-state index contributed by atoms with van der Waals surface area (Å²) in [6.07, 6.45) is 10.5. The Hall–Kier alpha value is -1.06. The Bertz CT molecular complexity index is 361. The highest BCUT2D eigenvalue weighted by atomic mass is 16.5. The molecule has 0 heterocycles. The molecule has 4 nitrogen and oxygen atoms in total. The average Bonchev–Trinajstić information content (AvgIpc) is 2.71. The molecule has 0 aromatic carbocycles. The van der Waals surface area contributed by atoms with Crippen LogP contribution in [-0.2, 0) is 19.1 Å². The van der Waals surface area contributed by atoms with E-state index < -0.39 is 0 Å². The van der Waals surface area contributed by atoms with Crippen LogP contribution in [0, 0.1) is 11.8 Å². The number of rotatable bonds is 17. The van der Waals surface area contributed by atoms with Crippen molar-refractivity contribution in [2.75, 3.05) is 0 Å². The highest BCUT2D eigenvalue weighted by Crippen LogP contribution is 2.20. The minimum atomic E-state index is -0.279. The zero-order valence-electron chi connectivity index (χ0n) is 19.4. The lowest BCUT2D eigenvalue weighted by Crippen LogP contribution is -2.21. The maximum Gasteiger partial charge on any atom is 0.306 e. The van der Waals surface area contributed by atoms with E-state index in [0.717, 1.165) is 38.5 Å². The first-order valence-electron chi connectivity index (χ1n) is 11.8. The van der Waals surface area contributed by atoms with Gasteiger partial charge in [-0.1, -0.05) is 67.2 Å². The van der Waals surface area contributed by atoms with Gasteiger partial charge in [-0.05, 0) is 50.4 Å². The second-order valence-electron chi connectivity index (χ2n) is 8.06. The molecule has 0 aromatic heterocycles. The smallest absolute Gasteiger partial charge is 0.306 e. The van der Waals surface area contributed by atoms with Gasteiger partial charge in [0.15, 0.2) is 0 Å². The number of hydrogen-bond acceptors (Lipinski definition) is 4. The summed E-state index contributed by atoms with van der Waals surface area (Å²) in [5.74, 6) is 0.847. The Balaban J connectivity index is 4.21. The molecule has 0 bridgehead atoms. The van der Waals surface area contributed by atoms with Gasteiger partial charge in [0.2, 0.25) is 0 Å². The number of esters is 2.